The Labute approximate surface area is 112 Å². The van der Waals surface area contributed by atoms with Crippen molar-refractivity contribution < 1.29 is 0 Å². The summed E-state index contributed by atoms with van der Waals surface area (Å²) in [6.07, 6.45) is 0. The fraction of sp³-hybridized carbons (Fsp3) is 0.375. The number of imidazole rings is 1. The SMILES string of the molecule is CC(C)=c1c(C(C)(C)C)nn2c1nc1ccccc12. The Hall–Kier alpha value is -1.90. The molecule has 0 amide bonds. The molecule has 19 heavy (non-hydrogen) atoms. The minimum Gasteiger partial charge on any atom is -0.226 e. The fourth-order valence-electron chi connectivity index (χ4n) is 2.52. The van der Waals surface area contributed by atoms with Crippen molar-refractivity contribution in [2.45, 2.75) is 40.0 Å². The van der Waals surface area contributed by atoms with Crippen LogP contribution in [0, 0.1) is 0 Å². The topological polar surface area (TPSA) is 30.2 Å². The first-order valence-electron chi connectivity index (χ1n) is 6.65. The Morgan fingerprint density at radius 3 is 2.42 bits per heavy atom. The van der Waals surface area contributed by atoms with E-state index in [0.29, 0.717) is 0 Å². The van der Waals surface area contributed by atoms with Gasteiger partial charge in [-0.2, -0.15) is 5.10 Å². The maximum atomic E-state index is 4.83. The lowest BCUT2D eigenvalue weighted by atomic mass is 9.90. The van der Waals surface area contributed by atoms with Crippen LogP contribution >= 0.6 is 0 Å². The van der Waals surface area contributed by atoms with Crippen LogP contribution in [0.25, 0.3) is 22.3 Å². The summed E-state index contributed by atoms with van der Waals surface area (Å²) in [5, 5.41) is 6.02. The average molecular weight is 253 g/mol. The van der Waals surface area contributed by atoms with Crippen LogP contribution in [0.15, 0.2) is 24.3 Å². The zero-order valence-electron chi connectivity index (χ0n) is 12.2. The largest absolute Gasteiger partial charge is 0.226 e. The average Bonchev–Trinajstić information content (AvgIpc) is 2.82. The number of nitrogens with zero attached hydrogens (tertiary/aromatic N) is 3. The van der Waals surface area contributed by atoms with Gasteiger partial charge in [0.05, 0.1) is 16.7 Å². The van der Waals surface area contributed by atoms with Gasteiger partial charge in [0.25, 0.3) is 0 Å². The van der Waals surface area contributed by atoms with Gasteiger partial charge in [-0.3, -0.25) is 0 Å². The zero-order valence-corrected chi connectivity index (χ0v) is 12.2. The van der Waals surface area contributed by atoms with Crippen LogP contribution in [0.1, 0.15) is 40.3 Å². The van der Waals surface area contributed by atoms with E-state index in [2.05, 4.69) is 40.7 Å². The monoisotopic (exact) mass is 253 g/mol. The minimum atomic E-state index is 0.0222. The lowest BCUT2D eigenvalue weighted by Gasteiger charge is -2.15. The first-order valence-corrected chi connectivity index (χ1v) is 6.65. The van der Waals surface area contributed by atoms with Gasteiger partial charge in [-0.05, 0) is 26.0 Å². The maximum absolute atomic E-state index is 4.83. The van der Waals surface area contributed by atoms with Crippen LogP contribution in [0.4, 0.5) is 0 Å². The molecule has 0 spiro atoms. The molecule has 0 saturated carbocycles. The molecule has 0 N–H and O–H groups in total. The smallest absolute Gasteiger partial charge is 0.163 e. The Morgan fingerprint density at radius 1 is 1.11 bits per heavy atom. The number of benzene rings is 1. The molecule has 98 valence electrons. The molecule has 2 aromatic heterocycles. The van der Waals surface area contributed by atoms with E-state index in [0.717, 1.165) is 22.4 Å². The highest BCUT2D eigenvalue weighted by Gasteiger charge is 2.23. The number of rotatable bonds is 0. The van der Waals surface area contributed by atoms with Gasteiger partial charge in [-0.15, -0.1) is 0 Å². The van der Waals surface area contributed by atoms with Gasteiger partial charge in [0, 0.05) is 10.6 Å². The van der Waals surface area contributed by atoms with Crippen molar-refractivity contribution in [3.63, 3.8) is 0 Å². The van der Waals surface area contributed by atoms with Gasteiger partial charge in [-0.1, -0.05) is 38.5 Å². The van der Waals surface area contributed by atoms with Crippen molar-refractivity contribution in [1.29, 1.82) is 0 Å². The van der Waals surface area contributed by atoms with Crippen LogP contribution in [0.5, 0.6) is 0 Å². The second-order valence-corrected chi connectivity index (χ2v) is 6.31. The molecule has 3 heteroatoms. The van der Waals surface area contributed by atoms with Gasteiger partial charge < -0.3 is 0 Å². The summed E-state index contributed by atoms with van der Waals surface area (Å²) < 4.78 is 1.98. The van der Waals surface area contributed by atoms with Crippen LogP contribution in [-0.2, 0) is 5.41 Å². The normalized spacial score (nSPS) is 12.5. The molecule has 0 bridgehead atoms. The molecule has 0 aliphatic heterocycles. The summed E-state index contributed by atoms with van der Waals surface area (Å²) in [7, 11) is 0. The van der Waals surface area contributed by atoms with Crippen molar-refractivity contribution in [1.82, 2.24) is 14.6 Å². The summed E-state index contributed by atoms with van der Waals surface area (Å²) in [6, 6.07) is 8.16. The molecule has 0 aliphatic carbocycles. The van der Waals surface area contributed by atoms with E-state index < -0.39 is 0 Å². The van der Waals surface area contributed by atoms with Gasteiger partial charge in [0.15, 0.2) is 5.65 Å². The van der Waals surface area contributed by atoms with E-state index in [9.17, 15) is 0 Å². The molecular weight excluding hydrogens is 234 g/mol. The predicted octanol–water partition coefficient (Wildman–Crippen LogP) is 3.09. The fourth-order valence-corrected chi connectivity index (χ4v) is 2.52. The Balaban J connectivity index is 2.56. The van der Waals surface area contributed by atoms with Gasteiger partial charge >= 0.3 is 0 Å². The Bertz CT molecular complexity index is 815. The first-order chi connectivity index (χ1) is 8.89. The summed E-state index contributed by atoms with van der Waals surface area (Å²) in [5.41, 5.74) is 5.48. The number of aromatic nitrogens is 3. The van der Waals surface area contributed by atoms with E-state index in [1.54, 1.807) is 0 Å². The Kier molecular flexibility index (Phi) is 2.43. The summed E-state index contributed by atoms with van der Waals surface area (Å²) >= 11 is 0. The number of fused-ring (bicyclic) bond motifs is 3. The number of hydrogen-bond acceptors (Lipinski definition) is 2. The molecule has 1 aromatic carbocycles. The number of para-hydroxylation sites is 2. The molecular formula is C16H19N3. The lowest BCUT2D eigenvalue weighted by Crippen LogP contribution is -2.22. The third-order valence-electron chi connectivity index (χ3n) is 3.41. The predicted molar refractivity (Wildman–Crippen MR) is 79.2 cm³/mol. The highest BCUT2D eigenvalue weighted by atomic mass is 15.3. The molecule has 0 atom stereocenters. The second kappa shape index (κ2) is 3.80. The molecule has 0 fully saturated rings. The third kappa shape index (κ3) is 1.72. The molecule has 0 radical (unpaired) electrons. The second-order valence-electron chi connectivity index (χ2n) is 6.31. The van der Waals surface area contributed by atoms with Crippen LogP contribution in [0.2, 0.25) is 0 Å². The number of hydrogen-bond donors (Lipinski definition) is 0. The standard InChI is InChI=1S/C16H19N3/c1-10(2)13-14(16(3,4)5)18-19-12-9-7-6-8-11(12)17-15(13)19/h6-9H,1-5H3. The van der Waals surface area contributed by atoms with Crippen molar-refractivity contribution in [3.8, 4) is 0 Å². The summed E-state index contributed by atoms with van der Waals surface area (Å²) in [6.45, 7) is 10.9. The zero-order chi connectivity index (χ0) is 13.8. The summed E-state index contributed by atoms with van der Waals surface area (Å²) in [4.78, 5) is 4.75. The molecule has 2 heterocycles. The van der Waals surface area contributed by atoms with Crippen molar-refractivity contribution in [3.05, 3.63) is 35.2 Å². The van der Waals surface area contributed by atoms with E-state index >= 15 is 0 Å². The van der Waals surface area contributed by atoms with Crippen molar-refractivity contribution in [2.24, 2.45) is 0 Å². The molecule has 3 nitrogen and oxygen atoms in total. The van der Waals surface area contributed by atoms with Crippen LogP contribution in [-0.4, -0.2) is 14.6 Å². The van der Waals surface area contributed by atoms with Crippen molar-refractivity contribution in [2.75, 3.05) is 0 Å². The molecule has 0 saturated heterocycles. The van der Waals surface area contributed by atoms with Crippen LogP contribution in [0.3, 0.4) is 0 Å². The highest BCUT2D eigenvalue weighted by Crippen LogP contribution is 2.21. The molecule has 3 rings (SSSR count). The Morgan fingerprint density at radius 2 is 1.79 bits per heavy atom. The van der Waals surface area contributed by atoms with E-state index in [1.807, 2.05) is 22.7 Å². The highest BCUT2D eigenvalue weighted by molar-refractivity contribution is 5.81. The van der Waals surface area contributed by atoms with Crippen LogP contribution < -0.4 is 5.22 Å². The summed E-state index contributed by atoms with van der Waals surface area (Å²) in [5.74, 6) is 0. The van der Waals surface area contributed by atoms with Crippen molar-refractivity contribution >= 4 is 22.3 Å². The maximum Gasteiger partial charge on any atom is 0.163 e. The van der Waals surface area contributed by atoms with E-state index in [1.165, 1.54) is 10.8 Å². The van der Waals surface area contributed by atoms with E-state index in [4.69, 9.17) is 10.1 Å². The minimum absolute atomic E-state index is 0.0222. The molecule has 0 aliphatic rings. The van der Waals surface area contributed by atoms with Gasteiger partial charge in [0.1, 0.15) is 0 Å². The lowest BCUT2D eigenvalue weighted by molar-refractivity contribution is 0.560. The van der Waals surface area contributed by atoms with Gasteiger partial charge in [0.2, 0.25) is 0 Å². The molecule has 0 unspecified atom stereocenters. The molecule has 3 aromatic rings. The van der Waals surface area contributed by atoms with Gasteiger partial charge in [-0.25, -0.2) is 9.50 Å². The third-order valence-corrected chi connectivity index (χ3v) is 3.41. The first kappa shape index (κ1) is 12.2. The quantitative estimate of drug-likeness (QED) is 0.616. The van der Waals surface area contributed by atoms with E-state index in [-0.39, 0.29) is 5.41 Å².